The van der Waals surface area contributed by atoms with Crippen LogP contribution in [0.4, 0.5) is 0 Å². The first kappa shape index (κ1) is 18.5. The number of hydrogen-bond acceptors (Lipinski definition) is 4. The van der Waals surface area contributed by atoms with E-state index in [0.717, 1.165) is 11.4 Å². The molecular weight excluding hydrogens is 351 g/mol. The highest BCUT2D eigenvalue weighted by atomic mass is 35.5. The van der Waals surface area contributed by atoms with E-state index in [9.17, 15) is 9.59 Å². The molecule has 0 bridgehead atoms. The van der Waals surface area contributed by atoms with E-state index in [0.29, 0.717) is 5.56 Å². The summed E-state index contributed by atoms with van der Waals surface area (Å²) in [6.45, 7) is 7.57. The topological polar surface area (TPSA) is 61.2 Å². The zero-order valence-electron chi connectivity index (χ0n) is 13.9. The number of hydrogen-bond donors (Lipinski definition) is 0. The number of halogens is 2. The van der Waals surface area contributed by atoms with Gasteiger partial charge in [-0.3, -0.25) is 4.79 Å². The van der Waals surface area contributed by atoms with Gasteiger partial charge in [-0.25, -0.2) is 9.78 Å². The van der Waals surface area contributed by atoms with Gasteiger partial charge in [-0.05, 0) is 39.8 Å². The summed E-state index contributed by atoms with van der Waals surface area (Å²) in [4.78, 5) is 28.1. The van der Waals surface area contributed by atoms with Crippen molar-refractivity contribution in [2.45, 2.75) is 33.7 Å². The van der Waals surface area contributed by atoms with Crippen LogP contribution >= 0.6 is 23.2 Å². The SMILES string of the molecule is Cc1cc(C(=O)COC(=O)c2cnc(Cl)c(Cl)c2)c(C)n1C(C)C. The first-order valence-corrected chi connectivity index (χ1v) is 8.17. The minimum absolute atomic E-state index is 0.102. The number of Topliss-reactive ketones (excluding diaryl/α,β-unsaturated/α-hetero) is 1. The predicted octanol–water partition coefficient (Wildman–Crippen LogP) is 4.43. The molecule has 0 radical (unpaired) electrons. The lowest BCUT2D eigenvalue weighted by Crippen LogP contribution is -2.15. The number of nitrogens with zero attached hydrogens (tertiary/aromatic N) is 2. The Bertz CT molecular complexity index is 797. The van der Waals surface area contributed by atoms with Crippen molar-refractivity contribution in [1.29, 1.82) is 0 Å². The Labute approximate surface area is 150 Å². The fourth-order valence-corrected chi connectivity index (χ4v) is 2.95. The fourth-order valence-electron chi connectivity index (χ4n) is 2.68. The summed E-state index contributed by atoms with van der Waals surface area (Å²) >= 11 is 11.5. The van der Waals surface area contributed by atoms with E-state index in [1.807, 2.05) is 33.8 Å². The Balaban J connectivity index is 2.09. The third-order valence-corrected chi connectivity index (χ3v) is 4.35. The zero-order chi connectivity index (χ0) is 18.0. The van der Waals surface area contributed by atoms with E-state index in [1.54, 1.807) is 0 Å². The van der Waals surface area contributed by atoms with Crippen molar-refractivity contribution in [3.63, 3.8) is 0 Å². The van der Waals surface area contributed by atoms with Gasteiger partial charge in [0.15, 0.2) is 6.61 Å². The Morgan fingerprint density at radius 1 is 1.25 bits per heavy atom. The number of pyridine rings is 1. The molecule has 0 unspecified atom stereocenters. The maximum atomic E-state index is 12.4. The molecule has 2 heterocycles. The Morgan fingerprint density at radius 2 is 1.92 bits per heavy atom. The van der Waals surface area contributed by atoms with Crippen LogP contribution in [0.15, 0.2) is 18.3 Å². The van der Waals surface area contributed by atoms with Gasteiger partial charge in [0.25, 0.3) is 0 Å². The Morgan fingerprint density at radius 3 is 2.46 bits per heavy atom. The van der Waals surface area contributed by atoms with Crippen LogP contribution in [0.2, 0.25) is 10.2 Å². The molecule has 0 aliphatic rings. The molecule has 0 saturated carbocycles. The van der Waals surface area contributed by atoms with Crippen LogP contribution in [0.1, 0.15) is 52.0 Å². The molecule has 0 N–H and O–H groups in total. The van der Waals surface area contributed by atoms with Gasteiger partial charge in [-0.15, -0.1) is 0 Å². The highest BCUT2D eigenvalue weighted by Crippen LogP contribution is 2.22. The number of ether oxygens (including phenoxy) is 1. The number of carbonyl (C=O) groups excluding carboxylic acids is 2. The standard InChI is InChI=1S/C17H18Cl2N2O3/c1-9(2)21-10(3)5-13(11(21)4)15(22)8-24-17(23)12-6-14(18)16(19)20-7-12/h5-7,9H,8H2,1-4H3. The van der Waals surface area contributed by atoms with Crippen LogP contribution < -0.4 is 0 Å². The van der Waals surface area contributed by atoms with Crippen molar-refractivity contribution < 1.29 is 14.3 Å². The molecule has 5 nitrogen and oxygen atoms in total. The van der Waals surface area contributed by atoms with E-state index in [1.165, 1.54) is 12.3 Å². The Kier molecular flexibility index (Phi) is 5.67. The summed E-state index contributed by atoms with van der Waals surface area (Å²) in [5, 5.41) is 0.253. The van der Waals surface area contributed by atoms with Crippen LogP contribution in [0.3, 0.4) is 0 Å². The molecule has 24 heavy (non-hydrogen) atoms. The second-order valence-electron chi connectivity index (χ2n) is 5.74. The second kappa shape index (κ2) is 7.36. The summed E-state index contributed by atoms with van der Waals surface area (Å²) in [6, 6.07) is 3.41. The fraction of sp³-hybridized carbons (Fsp3) is 0.353. The lowest BCUT2D eigenvalue weighted by Gasteiger charge is -2.13. The molecule has 0 atom stereocenters. The minimum atomic E-state index is -0.674. The summed E-state index contributed by atoms with van der Waals surface area (Å²) in [5.41, 5.74) is 2.55. The summed E-state index contributed by atoms with van der Waals surface area (Å²) in [6.07, 6.45) is 1.26. The summed E-state index contributed by atoms with van der Waals surface area (Å²) < 4.78 is 7.13. The van der Waals surface area contributed by atoms with E-state index in [-0.39, 0.29) is 34.2 Å². The molecule has 0 saturated heterocycles. The molecule has 0 aliphatic carbocycles. The van der Waals surface area contributed by atoms with Crippen molar-refractivity contribution in [2.24, 2.45) is 0 Å². The van der Waals surface area contributed by atoms with Gasteiger partial charge >= 0.3 is 5.97 Å². The molecule has 7 heteroatoms. The second-order valence-corrected chi connectivity index (χ2v) is 6.51. The highest BCUT2D eigenvalue weighted by molar-refractivity contribution is 6.41. The van der Waals surface area contributed by atoms with Crippen molar-refractivity contribution in [2.75, 3.05) is 6.61 Å². The average Bonchev–Trinajstić information content (AvgIpc) is 2.82. The van der Waals surface area contributed by atoms with E-state index in [2.05, 4.69) is 9.55 Å². The lowest BCUT2D eigenvalue weighted by molar-refractivity contribution is 0.0474. The highest BCUT2D eigenvalue weighted by Gasteiger charge is 2.19. The van der Waals surface area contributed by atoms with Gasteiger partial charge < -0.3 is 9.30 Å². The molecular formula is C17H18Cl2N2O3. The van der Waals surface area contributed by atoms with Crippen LogP contribution in [-0.4, -0.2) is 27.9 Å². The summed E-state index contributed by atoms with van der Waals surface area (Å²) in [5.74, 6) is -0.927. The third kappa shape index (κ3) is 3.79. The molecule has 2 aromatic heterocycles. The number of ketones is 1. The monoisotopic (exact) mass is 368 g/mol. The van der Waals surface area contributed by atoms with E-state index >= 15 is 0 Å². The molecule has 2 aromatic rings. The molecule has 0 fully saturated rings. The lowest BCUT2D eigenvalue weighted by atomic mass is 10.1. The molecule has 0 amide bonds. The minimum Gasteiger partial charge on any atom is -0.454 e. The van der Waals surface area contributed by atoms with Crippen LogP contribution in [0.5, 0.6) is 0 Å². The van der Waals surface area contributed by atoms with Gasteiger partial charge in [-0.1, -0.05) is 23.2 Å². The van der Waals surface area contributed by atoms with Crippen LogP contribution in [0.25, 0.3) is 0 Å². The molecule has 0 aliphatic heterocycles. The van der Waals surface area contributed by atoms with Gasteiger partial charge in [0, 0.05) is 29.2 Å². The Hall–Kier alpha value is -1.85. The van der Waals surface area contributed by atoms with Gasteiger partial charge in [0.05, 0.1) is 10.6 Å². The average molecular weight is 369 g/mol. The molecule has 0 aromatic carbocycles. The first-order valence-electron chi connectivity index (χ1n) is 7.42. The normalized spacial score (nSPS) is 11.0. The molecule has 128 valence electrons. The number of rotatable bonds is 5. The van der Waals surface area contributed by atoms with Gasteiger partial charge in [-0.2, -0.15) is 0 Å². The van der Waals surface area contributed by atoms with E-state index in [4.69, 9.17) is 27.9 Å². The molecule has 2 rings (SSSR count). The largest absolute Gasteiger partial charge is 0.454 e. The van der Waals surface area contributed by atoms with Crippen molar-refractivity contribution in [3.8, 4) is 0 Å². The van der Waals surface area contributed by atoms with E-state index < -0.39 is 5.97 Å². The molecule has 0 spiro atoms. The number of aryl methyl sites for hydroxylation is 1. The van der Waals surface area contributed by atoms with Crippen molar-refractivity contribution in [1.82, 2.24) is 9.55 Å². The van der Waals surface area contributed by atoms with Crippen LogP contribution in [0, 0.1) is 13.8 Å². The number of aromatic nitrogens is 2. The number of carbonyl (C=O) groups is 2. The number of esters is 1. The maximum Gasteiger partial charge on any atom is 0.340 e. The third-order valence-electron chi connectivity index (χ3n) is 3.67. The zero-order valence-corrected chi connectivity index (χ0v) is 15.4. The van der Waals surface area contributed by atoms with Gasteiger partial charge in [0.1, 0.15) is 5.15 Å². The van der Waals surface area contributed by atoms with Crippen molar-refractivity contribution in [3.05, 3.63) is 51.0 Å². The van der Waals surface area contributed by atoms with Crippen LogP contribution in [-0.2, 0) is 4.74 Å². The summed E-state index contributed by atoms with van der Waals surface area (Å²) in [7, 11) is 0. The smallest absolute Gasteiger partial charge is 0.340 e. The van der Waals surface area contributed by atoms with Gasteiger partial charge in [0.2, 0.25) is 5.78 Å². The quantitative estimate of drug-likeness (QED) is 0.445. The predicted molar refractivity (Wildman–Crippen MR) is 93.2 cm³/mol. The van der Waals surface area contributed by atoms with Crippen molar-refractivity contribution >= 4 is 35.0 Å². The first-order chi connectivity index (χ1) is 11.2. The maximum absolute atomic E-state index is 12.4.